The summed E-state index contributed by atoms with van der Waals surface area (Å²) in [4.78, 5) is 13.3. The molecule has 1 saturated heterocycles. The number of anilines is 2. The Morgan fingerprint density at radius 2 is 1.89 bits per heavy atom. The Kier molecular flexibility index (Phi) is 3.73. The van der Waals surface area contributed by atoms with Gasteiger partial charge < -0.3 is 9.80 Å². The van der Waals surface area contributed by atoms with Crippen LogP contribution in [-0.4, -0.2) is 36.6 Å². The first-order valence-corrected chi connectivity index (χ1v) is 6.74. The third kappa shape index (κ3) is 3.34. The Labute approximate surface area is 110 Å². The largest absolute Gasteiger partial charge is 0.359 e. The maximum atomic E-state index is 4.39. The molecule has 4 heteroatoms. The van der Waals surface area contributed by atoms with Crippen LogP contribution in [0.15, 0.2) is 12.4 Å². The Morgan fingerprint density at radius 1 is 1.22 bits per heavy atom. The lowest BCUT2D eigenvalue weighted by Gasteiger charge is -2.28. The molecule has 0 bridgehead atoms. The van der Waals surface area contributed by atoms with Gasteiger partial charge >= 0.3 is 0 Å². The third-order valence-corrected chi connectivity index (χ3v) is 3.17. The minimum atomic E-state index is 0.271. The molecule has 1 aliphatic rings. The van der Waals surface area contributed by atoms with E-state index in [2.05, 4.69) is 53.7 Å². The first-order valence-electron chi connectivity index (χ1n) is 6.74. The lowest BCUT2D eigenvalue weighted by molar-refractivity contribution is 0.417. The molecule has 0 atom stereocenters. The van der Waals surface area contributed by atoms with E-state index in [-0.39, 0.29) is 5.41 Å². The van der Waals surface area contributed by atoms with Gasteiger partial charge in [0.25, 0.3) is 0 Å². The van der Waals surface area contributed by atoms with Crippen LogP contribution in [0, 0.1) is 5.41 Å². The van der Waals surface area contributed by atoms with E-state index < -0.39 is 0 Å². The van der Waals surface area contributed by atoms with E-state index in [1.54, 1.807) is 6.33 Å². The Hall–Kier alpha value is -1.32. The van der Waals surface area contributed by atoms with Crippen molar-refractivity contribution in [2.24, 2.45) is 5.41 Å². The van der Waals surface area contributed by atoms with Crippen LogP contribution in [0.25, 0.3) is 0 Å². The average Bonchev–Trinajstić information content (AvgIpc) is 2.80. The molecular weight excluding hydrogens is 224 g/mol. The van der Waals surface area contributed by atoms with Gasteiger partial charge in [-0.15, -0.1) is 0 Å². The second kappa shape index (κ2) is 5.12. The highest BCUT2D eigenvalue weighted by molar-refractivity contribution is 5.50. The standard InChI is InChI=1S/C14H24N4/c1-14(2,3)10-17(4)12-9-13(16-11-15-12)18-7-5-6-8-18/h9,11H,5-8,10H2,1-4H3. The Morgan fingerprint density at radius 3 is 2.50 bits per heavy atom. The fraction of sp³-hybridized carbons (Fsp3) is 0.714. The molecule has 1 fully saturated rings. The van der Waals surface area contributed by atoms with Crippen molar-refractivity contribution in [1.82, 2.24) is 9.97 Å². The number of rotatable bonds is 3. The second-order valence-electron chi connectivity index (χ2n) is 6.35. The van der Waals surface area contributed by atoms with Crippen molar-refractivity contribution in [1.29, 1.82) is 0 Å². The number of aromatic nitrogens is 2. The summed E-state index contributed by atoms with van der Waals surface area (Å²) in [5.74, 6) is 2.08. The molecule has 4 nitrogen and oxygen atoms in total. The molecule has 0 N–H and O–H groups in total. The van der Waals surface area contributed by atoms with Crippen molar-refractivity contribution in [3.8, 4) is 0 Å². The van der Waals surface area contributed by atoms with Gasteiger partial charge in [-0.1, -0.05) is 20.8 Å². The van der Waals surface area contributed by atoms with Gasteiger partial charge in [0.2, 0.25) is 0 Å². The maximum absolute atomic E-state index is 4.39. The molecule has 0 radical (unpaired) electrons. The van der Waals surface area contributed by atoms with Crippen molar-refractivity contribution < 1.29 is 0 Å². The molecule has 0 aliphatic carbocycles. The van der Waals surface area contributed by atoms with Gasteiger partial charge in [-0.2, -0.15) is 0 Å². The summed E-state index contributed by atoms with van der Waals surface area (Å²) in [7, 11) is 2.10. The highest BCUT2D eigenvalue weighted by Gasteiger charge is 2.17. The molecule has 0 unspecified atom stereocenters. The summed E-state index contributed by atoms with van der Waals surface area (Å²) < 4.78 is 0. The van der Waals surface area contributed by atoms with Crippen LogP contribution < -0.4 is 9.80 Å². The van der Waals surface area contributed by atoms with Crippen LogP contribution in [0.4, 0.5) is 11.6 Å². The summed E-state index contributed by atoms with van der Waals surface area (Å²) in [6.45, 7) is 9.96. The second-order valence-corrected chi connectivity index (χ2v) is 6.35. The SMILES string of the molecule is CN(CC(C)(C)C)c1cc(N2CCCC2)ncn1. The highest BCUT2D eigenvalue weighted by Crippen LogP contribution is 2.23. The smallest absolute Gasteiger partial charge is 0.134 e. The Balaban J connectivity index is 2.11. The van der Waals surface area contributed by atoms with Crippen molar-refractivity contribution in [3.63, 3.8) is 0 Å². The van der Waals surface area contributed by atoms with Crippen LogP contribution in [0.5, 0.6) is 0 Å². The predicted octanol–water partition coefficient (Wildman–Crippen LogP) is 2.56. The summed E-state index contributed by atoms with van der Waals surface area (Å²) in [6.07, 6.45) is 4.23. The highest BCUT2D eigenvalue weighted by atomic mass is 15.2. The summed E-state index contributed by atoms with van der Waals surface area (Å²) in [5, 5.41) is 0. The van der Waals surface area contributed by atoms with E-state index in [0.29, 0.717) is 0 Å². The lowest BCUT2D eigenvalue weighted by atomic mass is 9.96. The molecule has 2 heterocycles. The predicted molar refractivity (Wildman–Crippen MR) is 76.2 cm³/mol. The van der Waals surface area contributed by atoms with Gasteiger partial charge in [0.05, 0.1) is 0 Å². The molecule has 18 heavy (non-hydrogen) atoms. The molecule has 100 valence electrons. The van der Waals surface area contributed by atoms with Crippen molar-refractivity contribution in [2.45, 2.75) is 33.6 Å². The van der Waals surface area contributed by atoms with E-state index >= 15 is 0 Å². The van der Waals surface area contributed by atoms with Crippen LogP contribution in [0.3, 0.4) is 0 Å². The molecule has 1 aliphatic heterocycles. The summed E-state index contributed by atoms with van der Waals surface area (Å²) >= 11 is 0. The molecule has 2 rings (SSSR count). The van der Waals surface area contributed by atoms with Crippen LogP contribution in [0.1, 0.15) is 33.6 Å². The monoisotopic (exact) mass is 248 g/mol. The molecule has 0 saturated carbocycles. The van der Waals surface area contributed by atoms with Gasteiger partial charge in [-0.3, -0.25) is 0 Å². The average molecular weight is 248 g/mol. The fourth-order valence-electron chi connectivity index (χ4n) is 2.46. The molecular formula is C14H24N4. The van der Waals surface area contributed by atoms with Crippen molar-refractivity contribution >= 4 is 11.6 Å². The first kappa shape index (κ1) is 13.1. The van der Waals surface area contributed by atoms with Gasteiger partial charge in [0, 0.05) is 32.7 Å². The van der Waals surface area contributed by atoms with E-state index in [0.717, 1.165) is 31.3 Å². The van der Waals surface area contributed by atoms with E-state index in [9.17, 15) is 0 Å². The van der Waals surface area contributed by atoms with Gasteiger partial charge in [0.1, 0.15) is 18.0 Å². The number of hydrogen-bond acceptors (Lipinski definition) is 4. The molecule has 0 spiro atoms. The molecule has 1 aromatic heterocycles. The van der Waals surface area contributed by atoms with Crippen LogP contribution >= 0.6 is 0 Å². The lowest BCUT2D eigenvalue weighted by Crippen LogP contribution is -2.30. The number of hydrogen-bond donors (Lipinski definition) is 0. The van der Waals surface area contributed by atoms with Crippen LogP contribution in [-0.2, 0) is 0 Å². The van der Waals surface area contributed by atoms with Crippen molar-refractivity contribution in [2.75, 3.05) is 36.5 Å². The van der Waals surface area contributed by atoms with Gasteiger partial charge in [0.15, 0.2) is 0 Å². The zero-order valence-corrected chi connectivity index (χ0v) is 12.0. The summed E-state index contributed by atoms with van der Waals surface area (Å²) in [6, 6.07) is 2.11. The molecule has 0 amide bonds. The zero-order valence-electron chi connectivity index (χ0n) is 12.0. The quantitative estimate of drug-likeness (QED) is 0.823. The Bertz CT molecular complexity index is 391. The fourth-order valence-corrected chi connectivity index (χ4v) is 2.46. The third-order valence-electron chi connectivity index (χ3n) is 3.17. The van der Waals surface area contributed by atoms with Gasteiger partial charge in [-0.05, 0) is 18.3 Å². The minimum absolute atomic E-state index is 0.271. The van der Waals surface area contributed by atoms with E-state index in [1.807, 2.05) is 0 Å². The zero-order chi connectivity index (χ0) is 13.2. The van der Waals surface area contributed by atoms with Gasteiger partial charge in [-0.25, -0.2) is 9.97 Å². The molecule has 0 aromatic carbocycles. The van der Waals surface area contributed by atoms with Crippen molar-refractivity contribution in [3.05, 3.63) is 12.4 Å². The summed E-state index contributed by atoms with van der Waals surface area (Å²) in [5.41, 5.74) is 0.271. The first-order chi connectivity index (χ1) is 8.46. The molecule has 1 aromatic rings. The van der Waals surface area contributed by atoms with Crippen LogP contribution in [0.2, 0.25) is 0 Å². The maximum Gasteiger partial charge on any atom is 0.134 e. The minimum Gasteiger partial charge on any atom is -0.359 e. The topological polar surface area (TPSA) is 32.3 Å². The number of nitrogens with zero attached hydrogens (tertiary/aromatic N) is 4. The van der Waals surface area contributed by atoms with E-state index in [4.69, 9.17) is 0 Å². The van der Waals surface area contributed by atoms with E-state index in [1.165, 1.54) is 12.8 Å². The normalized spacial score (nSPS) is 16.1.